The first kappa shape index (κ1) is 13.1. The molecule has 1 aromatic heterocycles. The van der Waals surface area contributed by atoms with Crippen molar-refractivity contribution in [3.05, 3.63) is 56.2 Å². The summed E-state index contributed by atoms with van der Waals surface area (Å²) in [5, 5.41) is 0. The lowest BCUT2D eigenvalue weighted by Gasteiger charge is -2.01. The van der Waals surface area contributed by atoms with Gasteiger partial charge in [-0.3, -0.25) is 13.5 Å². The molecule has 0 aliphatic heterocycles. The van der Waals surface area contributed by atoms with Gasteiger partial charge >= 0.3 is 0 Å². The van der Waals surface area contributed by atoms with Gasteiger partial charge in [0.2, 0.25) is 0 Å². The molecule has 0 radical (unpaired) electrons. The number of nitrogens with zero attached hydrogens (tertiary/aromatic N) is 1. The van der Waals surface area contributed by atoms with Crippen LogP contribution in [-0.2, 0) is 11.3 Å². The van der Waals surface area contributed by atoms with E-state index in [2.05, 4.69) is 0 Å². The van der Waals surface area contributed by atoms with Gasteiger partial charge in [0.1, 0.15) is 4.34 Å². The zero-order chi connectivity index (χ0) is 13.1. The molecule has 18 heavy (non-hydrogen) atoms. The van der Waals surface area contributed by atoms with Crippen LogP contribution in [0.25, 0.3) is 0 Å². The molecule has 0 N–H and O–H groups in total. The van der Waals surface area contributed by atoms with Gasteiger partial charge in [-0.05, 0) is 36.0 Å². The van der Waals surface area contributed by atoms with Gasteiger partial charge in [0, 0.05) is 6.07 Å². The maximum absolute atomic E-state index is 11.5. The minimum atomic E-state index is -0.0942. The average molecular weight is 282 g/mol. The van der Waals surface area contributed by atoms with Gasteiger partial charge in [0.25, 0.3) is 5.56 Å². The van der Waals surface area contributed by atoms with Crippen molar-refractivity contribution < 1.29 is 4.79 Å². The highest BCUT2D eigenvalue weighted by molar-refractivity contribution is 7.11. The van der Waals surface area contributed by atoms with E-state index in [-0.39, 0.29) is 11.3 Å². The van der Waals surface area contributed by atoms with Gasteiger partial charge in [0.05, 0.1) is 6.54 Å². The molecular weight excluding hydrogens is 270 g/mol. The van der Waals surface area contributed by atoms with Crippen molar-refractivity contribution >= 4 is 28.9 Å². The molecule has 1 aliphatic carbocycles. The second kappa shape index (κ2) is 5.50. The fourth-order valence-electron chi connectivity index (χ4n) is 1.67. The van der Waals surface area contributed by atoms with Crippen molar-refractivity contribution in [1.29, 1.82) is 0 Å². The molecule has 3 nitrogen and oxygen atoms in total. The quantitative estimate of drug-likeness (QED) is 0.854. The van der Waals surface area contributed by atoms with Crippen molar-refractivity contribution in [2.24, 2.45) is 0 Å². The Labute approximate surface area is 114 Å². The van der Waals surface area contributed by atoms with Crippen molar-refractivity contribution in [2.45, 2.75) is 19.9 Å². The van der Waals surface area contributed by atoms with E-state index in [0.29, 0.717) is 17.3 Å². The van der Waals surface area contributed by atoms with Crippen LogP contribution in [-0.4, -0.2) is 9.74 Å². The number of Topliss-reactive ketones (excluding diaryl/α,β-unsaturated/α-hetero) is 1. The van der Waals surface area contributed by atoms with Crippen LogP contribution >= 0.6 is 23.1 Å². The number of halogens is 1. The second-order valence-electron chi connectivity index (χ2n) is 4.00. The van der Waals surface area contributed by atoms with Gasteiger partial charge < -0.3 is 0 Å². The van der Waals surface area contributed by atoms with Gasteiger partial charge in [-0.2, -0.15) is 0 Å². The van der Waals surface area contributed by atoms with E-state index >= 15 is 0 Å². The molecule has 94 valence electrons. The summed E-state index contributed by atoms with van der Waals surface area (Å²) in [4.78, 5) is 22.8. The van der Waals surface area contributed by atoms with Crippen molar-refractivity contribution in [3.8, 4) is 0 Å². The van der Waals surface area contributed by atoms with E-state index in [1.54, 1.807) is 10.9 Å². The number of carbonyl (C=O) groups excluding carboxylic acids is 1. The molecule has 0 bridgehead atoms. The molecule has 0 saturated carbocycles. The third-order valence-corrected chi connectivity index (χ3v) is 3.79. The largest absolute Gasteiger partial charge is 0.295 e. The molecule has 0 amide bonds. The molecule has 1 aromatic rings. The smallest absolute Gasteiger partial charge is 0.262 e. The normalized spacial score (nSPS) is 15.0. The van der Waals surface area contributed by atoms with Gasteiger partial charge in [0.15, 0.2) is 5.78 Å². The monoisotopic (exact) mass is 281 g/mol. The Kier molecular flexibility index (Phi) is 3.99. The number of rotatable bonds is 3. The molecule has 0 aromatic carbocycles. The summed E-state index contributed by atoms with van der Waals surface area (Å²) in [5.74, 6) is 0.0773. The summed E-state index contributed by atoms with van der Waals surface area (Å²) in [6.07, 6.45) is 8.14. The van der Waals surface area contributed by atoms with Crippen LogP contribution in [0, 0.1) is 0 Å². The Morgan fingerprint density at radius 3 is 2.94 bits per heavy atom. The molecule has 0 atom stereocenters. The van der Waals surface area contributed by atoms with Crippen LogP contribution in [0.1, 0.15) is 13.3 Å². The number of ketones is 1. The number of hydrogen-bond acceptors (Lipinski definition) is 3. The molecule has 0 fully saturated rings. The van der Waals surface area contributed by atoms with Crippen LogP contribution in [0.3, 0.4) is 0 Å². The summed E-state index contributed by atoms with van der Waals surface area (Å²) >= 11 is 7.02. The standard InChI is InChI=1S/C13H12ClNO2S/c1-9(16)11-4-2-3-10(5-6-11)8-15-13(17)7-12(14)18-15/h2-5,7H,6,8H2,1H3. The lowest BCUT2D eigenvalue weighted by molar-refractivity contribution is -0.113. The second-order valence-corrected chi connectivity index (χ2v) is 5.70. The number of allylic oxidation sites excluding steroid dienone is 6. The minimum absolute atomic E-state index is 0.0773. The fraction of sp³-hybridized carbons (Fsp3) is 0.231. The number of carbonyl (C=O) groups is 1. The summed E-state index contributed by atoms with van der Waals surface area (Å²) in [7, 11) is 0. The fourth-order valence-corrected chi connectivity index (χ4v) is 2.73. The highest BCUT2D eigenvalue weighted by atomic mass is 35.5. The van der Waals surface area contributed by atoms with E-state index < -0.39 is 0 Å². The Bertz CT molecular complexity index is 619. The topological polar surface area (TPSA) is 39.1 Å². The summed E-state index contributed by atoms with van der Waals surface area (Å²) < 4.78 is 2.08. The Morgan fingerprint density at radius 2 is 2.33 bits per heavy atom. The van der Waals surface area contributed by atoms with Crippen molar-refractivity contribution in [3.63, 3.8) is 0 Å². The predicted octanol–water partition coefficient (Wildman–Crippen LogP) is 2.96. The number of aromatic nitrogens is 1. The highest BCUT2D eigenvalue weighted by Gasteiger charge is 2.07. The van der Waals surface area contributed by atoms with Crippen LogP contribution in [0.5, 0.6) is 0 Å². The van der Waals surface area contributed by atoms with Crippen LogP contribution in [0.15, 0.2) is 46.3 Å². The Balaban J connectivity index is 2.15. The maximum Gasteiger partial charge on any atom is 0.262 e. The van der Waals surface area contributed by atoms with E-state index in [0.717, 1.165) is 11.1 Å². The maximum atomic E-state index is 11.5. The first-order chi connectivity index (χ1) is 8.56. The summed E-state index contributed by atoms with van der Waals surface area (Å²) in [6, 6.07) is 1.41. The first-order valence-corrected chi connectivity index (χ1v) is 6.65. The molecule has 2 rings (SSSR count). The number of hydrogen-bond donors (Lipinski definition) is 0. The molecule has 5 heteroatoms. The Hall–Kier alpha value is -1.39. The van der Waals surface area contributed by atoms with E-state index in [4.69, 9.17) is 11.6 Å². The van der Waals surface area contributed by atoms with Crippen molar-refractivity contribution in [1.82, 2.24) is 3.96 Å². The van der Waals surface area contributed by atoms with Crippen LogP contribution in [0.4, 0.5) is 0 Å². The first-order valence-electron chi connectivity index (χ1n) is 5.50. The molecule has 0 saturated heterocycles. The molecule has 0 spiro atoms. The lowest BCUT2D eigenvalue weighted by Crippen LogP contribution is -2.12. The SMILES string of the molecule is CC(=O)C1=CC=CC(Cn2sc(Cl)cc2=O)=CC1. The van der Waals surface area contributed by atoms with Crippen LogP contribution < -0.4 is 5.56 Å². The van der Waals surface area contributed by atoms with Crippen LogP contribution in [0.2, 0.25) is 4.34 Å². The predicted molar refractivity (Wildman–Crippen MR) is 74.2 cm³/mol. The lowest BCUT2D eigenvalue weighted by atomic mass is 10.1. The molecule has 1 heterocycles. The molecule has 0 unspecified atom stereocenters. The van der Waals surface area contributed by atoms with Gasteiger partial charge in [-0.15, -0.1) is 0 Å². The highest BCUT2D eigenvalue weighted by Crippen LogP contribution is 2.17. The van der Waals surface area contributed by atoms with Gasteiger partial charge in [-0.1, -0.05) is 35.9 Å². The van der Waals surface area contributed by atoms with E-state index in [1.807, 2.05) is 24.3 Å². The minimum Gasteiger partial charge on any atom is -0.295 e. The summed E-state index contributed by atoms with van der Waals surface area (Å²) in [6.45, 7) is 2.05. The van der Waals surface area contributed by atoms with E-state index in [9.17, 15) is 9.59 Å². The molecular formula is C13H12ClNO2S. The third-order valence-electron chi connectivity index (χ3n) is 2.65. The summed E-state index contributed by atoms with van der Waals surface area (Å²) in [5.41, 5.74) is 1.68. The zero-order valence-corrected chi connectivity index (χ0v) is 11.4. The van der Waals surface area contributed by atoms with E-state index in [1.165, 1.54) is 17.6 Å². The van der Waals surface area contributed by atoms with Crippen molar-refractivity contribution in [2.75, 3.05) is 0 Å². The average Bonchev–Trinajstić information content (AvgIpc) is 2.53. The van der Waals surface area contributed by atoms with Gasteiger partial charge in [-0.25, -0.2) is 0 Å². The third kappa shape index (κ3) is 3.09. The molecule has 1 aliphatic rings. The zero-order valence-electron chi connectivity index (χ0n) is 9.85. The Morgan fingerprint density at radius 1 is 1.56 bits per heavy atom.